The van der Waals surface area contributed by atoms with Crippen molar-refractivity contribution in [2.45, 2.75) is 19.0 Å². The van der Waals surface area contributed by atoms with Crippen LogP contribution in [-0.4, -0.2) is 30.8 Å². The van der Waals surface area contributed by atoms with E-state index in [0.29, 0.717) is 0 Å². The molecule has 1 aromatic rings. The number of carbonyl (C=O) groups excluding carboxylic acids is 1. The van der Waals surface area contributed by atoms with Crippen LogP contribution in [0.2, 0.25) is 0 Å². The lowest BCUT2D eigenvalue weighted by Gasteiger charge is -2.04. The summed E-state index contributed by atoms with van der Waals surface area (Å²) in [7, 11) is 1.11. The van der Waals surface area contributed by atoms with Gasteiger partial charge >= 0.3 is 5.97 Å². The molecule has 0 N–H and O–H groups in total. The molecule has 0 fully saturated rings. The number of halogens is 3. The zero-order valence-electron chi connectivity index (χ0n) is 7.75. The first-order chi connectivity index (χ1) is 7.06. The Kier molecular flexibility index (Phi) is 3.70. The first-order valence-electron chi connectivity index (χ1n) is 4.00. The maximum absolute atomic E-state index is 12.7. The summed E-state index contributed by atoms with van der Waals surface area (Å²) >= 11 is 0. The van der Waals surface area contributed by atoms with Crippen molar-refractivity contribution in [1.29, 1.82) is 0 Å². The third-order valence-electron chi connectivity index (χ3n) is 1.71. The predicted octanol–water partition coefficient (Wildman–Crippen LogP) is 1.61. The van der Waals surface area contributed by atoms with Gasteiger partial charge in [0.25, 0.3) is 6.43 Å². The van der Waals surface area contributed by atoms with Gasteiger partial charge in [0.2, 0.25) is 0 Å². The van der Waals surface area contributed by atoms with Crippen LogP contribution in [0.5, 0.6) is 0 Å². The van der Waals surface area contributed by atoms with Gasteiger partial charge in [0.05, 0.1) is 7.11 Å². The summed E-state index contributed by atoms with van der Waals surface area (Å²) in [6.45, 7) is 0. The van der Waals surface area contributed by atoms with Crippen molar-refractivity contribution in [3.05, 3.63) is 17.5 Å². The SMILES string of the molecule is COC(=O)c1conc1CC(F)C(F)F. The molecule has 0 saturated heterocycles. The van der Waals surface area contributed by atoms with E-state index >= 15 is 0 Å². The molecule has 7 heteroatoms. The molecule has 4 nitrogen and oxygen atoms in total. The van der Waals surface area contributed by atoms with Crippen LogP contribution >= 0.6 is 0 Å². The van der Waals surface area contributed by atoms with E-state index in [4.69, 9.17) is 0 Å². The standard InChI is InChI=1S/C8H8F3NO3/c1-14-8(13)4-3-15-12-6(4)2-5(9)7(10)11/h3,5,7H,2H2,1H3. The molecule has 0 aliphatic rings. The van der Waals surface area contributed by atoms with E-state index < -0.39 is 25.0 Å². The molecule has 1 rings (SSSR count). The Balaban J connectivity index is 2.77. The molecule has 0 aliphatic carbocycles. The van der Waals surface area contributed by atoms with E-state index in [1.165, 1.54) is 0 Å². The first-order valence-corrected chi connectivity index (χ1v) is 4.00. The second-order valence-corrected chi connectivity index (χ2v) is 2.72. The number of carbonyl (C=O) groups is 1. The molecule has 1 aromatic heterocycles. The van der Waals surface area contributed by atoms with E-state index in [-0.39, 0.29) is 11.3 Å². The van der Waals surface area contributed by atoms with Gasteiger partial charge in [-0.3, -0.25) is 0 Å². The molecule has 1 unspecified atom stereocenters. The van der Waals surface area contributed by atoms with Crippen LogP contribution in [-0.2, 0) is 11.2 Å². The van der Waals surface area contributed by atoms with E-state index in [1.54, 1.807) is 0 Å². The van der Waals surface area contributed by atoms with Gasteiger partial charge in [-0.05, 0) is 0 Å². The minimum absolute atomic E-state index is 0.138. The van der Waals surface area contributed by atoms with Crippen molar-refractivity contribution in [3.63, 3.8) is 0 Å². The smallest absolute Gasteiger partial charge is 0.343 e. The molecule has 0 amide bonds. The minimum Gasteiger partial charge on any atom is -0.465 e. The lowest BCUT2D eigenvalue weighted by Crippen LogP contribution is -2.17. The Morgan fingerprint density at radius 1 is 1.60 bits per heavy atom. The fourth-order valence-corrected chi connectivity index (χ4v) is 0.957. The van der Waals surface area contributed by atoms with Crippen molar-refractivity contribution in [2.24, 2.45) is 0 Å². The summed E-state index contributed by atoms with van der Waals surface area (Å²) in [6, 6.07) is 0. The molecule has 1 heterocycles. The molecule has 0 spiro atoms. The molecule has 0 aromatic carbocycles. The van der Waals surface area contributed by atoms with Gasteiger partial charge < -0.3 is 9.26 Å². The Morgan fingerprint density at radius 3 is 2.80 bits per heavy atom. The van der Waals surface area contributed by atoms with Crippen molar-refractivity contribution < 1.29 is 27.2 Å². The lowest BCUT2D eigenvalue weighted by atomic mass is 10.1. The molecule has 84 valence electrons. The van der Waals surface area contributed by atoms with Gasteiger partial charge in [0, 0.05) is 6.42 Å². The van der Waals surface area contributed by atoms with Crippen molar-refractivity contribution in [2.75, 3.05) is 7.11 Å². The maximum Gasteiger partial charge on any atom is 0.343 e. The molecular formula is C8H8F3NO3. The zero-order valence-corrected chi connectivity index (χ0v) is 7.75. The number of ether oxygens (including phenoxy) is 1. The van der Waals surface area contributed by atoms with Gasteiger partial charge in [0.15, 0.2) is 6.17 Å². The van der Waals surface area contributed by atoms with Gasteiger partial charge in [-0.2, -0.15) is 0 Å². The molecule has 0 aliphatic heterocycles. The zero-order chi connectivity index (χ0) is 11.4. The van der Waals surface area contributed by atoms with E-state index in [1.807, 2.05) is 0 Å². The summed E-state index contributed by atoms with van der Waals surface area (Å²) < 4.78 is 45.1. The Labute approximate surface area is 83.0 Å². The fourth-order valence-electron chi connectivity index (χ4n) is 0.957. The number of hydrogen-bond acceptors (Lipinski definition) is 4. The Morgan fingerprint density at radius 2 is 2.27 bits per heavy atom. The minimum atomic E-state index is -3.12. The number of hydrogen-bond donors (Lipinski definition) is 0. The summed E-state index contributed by atoms with van der Waals surface area (Å²) in [5.74, 6) is -0.798. The van der Waals surface area contributed by atoms with Gasteiger partial charge in [-0.1, -0.05) is 5.16 Å². The van der Waals surface area contributed by atoms with E-state index in [0.717, 1.165) is 13.4 Å². The number of aromatic nitrogens is 1. The normalized spacial score (nSPS) is 12.9. The summed E-state index contributed by atoms with van der Waals surface area (Å²) in [5, 5.41) is 3.26. The van der Waals surface area contributed by atoms with Crippen molar-refractivity contribution in [3.8, 4) is 0 Å². The largest absolute Gasteiger partial charge is 0.465 e. The van der Waals surface area contributed by atoms with Crippen LogP contribution in [0.25, 0.3) is 0 Å². The molecular weight excluding hydrogens is 215 g/mol. The average molecular weight is 223 g/mol. The number of alkyl halides is 3. The molecule has 0 radical (unpaired) electrons. The highest BCUT2D eigenvalue weighted by Gasteiger charge is 2.25. The molecule has 0 bridgehead atoms. The number of nitrogens with zero attached hydrogens (tertiary/aromatic N) is 1. The lowest BCUT2D eigenvalue weighted by molar-refractivity contribution is 0.0484. The topological polar surface area (TPSA) is 52.3 Å². The van der Waals surface area contributed by atoms with E-state index in [2.05, 4.69) is 14.4 Å². The second kappa shape index (κ2) is 4.81. The van der Waals surface area contributed by atoms with Crippen LogP contribution in [0.3, 0.4) is 0 Å². The highest BCUT2D eigenvalue weighted by molar-refractivity contribution is 5.90. The number of methoxy groups -OCH3 is 1. The fraction of sp³-hybridized carbons (Fsp3) is 0.500. The molecule has 0 saturated carbocycles. The summed E-state index contributed by atoms with van der Waals surface area (Å²) in [4.78, 5) is 11.0. The second-order valence-electron chi connectivity index (χ2n) is 2.72. The average Bonchev–Trinajstić information content (AvgIpc) is 2.64. The maximum atomic E-state index is 12.7. The van der Waals surface area contributed by atoms with Gasteiger partial charge in [0.1, 0.15) is 17.5 Å². The quantitative estimate of drug-likeness (QED) is 0.727. The van der Waals surface area contributed by atoms with Crippen molar-refractivity contribution in [1.82, 2.24) is 5.16 Å². The van der Waals surface area contributed by atoms with Crippen LogP contribution in [0, 0.1) is 0 Å². The Hall–Kier alpha value is -1.53. The van der Waals surface area contributed by atoms with Crippen LogP contribution in [0.1, 0.15) is 16.1 Å². The van der Waals surface area contributed by atoms with Crippen LogP contribution in [0.15, 0.2) is 10.8 Å². The van der Waals surface area contributed by atoms with Crippen molar-refractivity contribution >= 4 is 5.97 Å². The highest BCUT2D eigenvalue weighted by Crippen LogP contribution is 2.15. The molecule has 1 atom stereocenters. The Bertz CT molecular complexity index is 340. The van der Waals surface area contributed by atoms with E-state index in [9.17, 15) is 18.0 Å². The number of esters is 1. The highest BCUT2D eigenvalue weighted by atomic mass is 19.3. The molecule has 15 heavy (non-hydrogen) atoms. The monoisotopic (exact) mass is 223 g/mol. The van der Waals surface area contributed by atoms with Gasteiger partial charge in [-0.25, -0.2) is 18.0 Å². The van der Waals surface area contributed by atoms with Crippen LogP contribution in [0.4, 0.5) is 13.2 Å². The summed E-state index contributed by atoms with van der Waals surface area (Å²) in [6.07, 6.45) is -5.25. The van der Waals surface area contributed by atoms with Gasteiger partial charge in [-0.15, -0.1) is 0 Å². The third kappa shape index (κ3) is 2.71. The number of rotatable bonds is 4. The first kappa shape index (κ1) is 11.5. The van der Waals surface area contributed by atoms with Crippen LogP contribution < -0.4 is 0 Å². The summed E-state index contributed by atoms with van der Waals surface area (Å²) in [5.41, 5.74) is -0.310. The third-order valence-corrected chi connectivity index (χ3v) is 1.71. The predicted molar refractivity (Wildman–Crippen MR) is 42.4 cm³/mol.